The normalized spacial score (nSPS) is 15.4. The second kappa shape index (κ2) is 8.33. The Kier molecular flexibility index (Phi) is 5.89. The van der Waals surface area contributed by atoms with Crippen molar-refractivity contribution in [2.45, 2.75) is 57.0 Å². The average Bonchev–Trinajstić information content (AvgIpc) is 3.54. The summed E-state index contributed by atoms with van der Waals surface area (Å²) in [5.74, 6) is 0.0506. The van der Waals surface area contributed by atoms with E-state index in [1.165, 1.54) is 33.3 Å². The molecule has 0 bridgehead atoms. The topological polar surface area (TPSA) is 71.7 Å². The lowest BCUT2D eigenvalue weighted by Gasteiger charge is -2.16. The summed E-state index contributed by atoms with van der Waals surface area (Å²) >= 11 is 1.50. The van der Waals surface area contributed by atoms with E-state index >= 15 is 0 Å². The largest absolute Gasteiger partial charge is 0.317 e. The summed E-state index contributed by atoms with van der Waals surface area (Å²) in [5, 5.41) is 0. The van der Waals surface area contributed by atoms with Gasteiger partial charge in [-0.2, -0.15) is 9.30 Å². The summed E-state index contributed by atoms with van der Waals surface area (Å²) in [5.41, 5.74) is 2.69. The van der Waals surface area contributed by atoms with Crippen LogP contribution in [0.4, 0.5) is 0 Å². The lowest BCUT2D eigenvalue weighted by molar-refractivity contribution is 0.0997. The fourth-order valence-electron chi connectivity index (χ4n) is 3.56. The lowest BCUT2D eigenvalue weighted by atomic mass is 10.0. The predicted molar refractivity (Wildman–Crippen MR) is 124 cm³/mol. The molecule has 6 nitrogen and oxygen atoms in total. The van der Waals surface area contributed by atoms with Gasteiger partial charge in [0.1, 0.15) is 0 Å². The van der Waals surface area contributed by atoms with Gasteiger partial charge in [-0.25, -0.2) is 8.42 Å². The highest BCUT2D eigenvalue weighted by molar-refractivity contribution is 7.89. The molecular formula is C23H27N3O3S2. The molecule has 8 heteroatoms. The van der Waals surface area contributed by atoms with Crippen LogP contribution in [0.5, 0.6) is 0 Å². The van der Waals surface area contributed by atoms with E-state index in [-0.39, 0.29) is 16.8 Å². The number of aryl methyl sites for hydroxylation is 1. The third-order valence-corrected chi connectivity index (χ3v) is 8.69. The van der Waals surface area contributed by atoms with E-state index in [9.17, 15) is 13.2 Å². The Balaban J connectivity index is 1.66. The summed E-state index contributed by atoms with van der Waals surface area (Å²) < 4.78 is 29.9. The van der Waals surface area contributed by atoms with Gasteiger partial charge in [-0.3, -0.25) is 4.79 Å². The molecule has 164 valence electrons. The van der Waals surface area contributed by atoms with Crippen molar-refractivity contribution < 1.29 is 13.2 Å². The van der Waals surface area contributed by atoms with Crippen LogP contribution in [-0.4, -0.2) is 36.3 Å². The molecule has 0 saturated heterocycles. The van der Waals surface area contributed by atoms with Gasteiger partial charge in [0.05, 0.1) is 15.1 Å². The van der Waals surface area contributed by atoms with Crippen LogP contribution in [0.15, 0.2) is 52.4 Å². The van der Waals surface area contributed by atoms with Gasteiger partial charge in [0.25, 0.3) is 5.91 Å². The number of amides is 1. The minimum atomic E-state index is -3.53. The monoisotopic (exact) mass is 457 g/mol. The summed E-state index contributed by atoms with van der Waals surface area (Å²) in [4.78, 5) is 18.0. The van der Waals surface area contributed by atoms with Gasteiger partial charge in [-0.05, 0) is 67.6 Å². The molecule has 3 aromatic rings. The number of rotatable bonds is 6. The minimum absolute atomic E-state index is 0.0926. The Morgan fingerprint density at radius 2 is 1.87 bits per heavy atom. The predicted octanol–water partition coefficient (Wildman–Crippen LogP) is 4.37. The number of carbonyl (C=O) groups is 1. The molecule has 0 spiro atoms. The molecule has 0 radical (unpaired) electrons. The standard InChI is InChI=1S/C23H27N3O3S2/c1-5-26-20-13-8-17(15(2)3)14-21(20)30-23(26)24-22(27)16-6-11-19(12-7-16)31(28,29)25(4)18-9-10-18/h6-8,11-15,18H,5,9-10H2,1-4H3. The van der Waals surface area contributed by atoms with Crippen molar-refractivity contribution in [3.8, 4) is 0 Å². The number of aromatic nitrogens is 1. The van der Waals surface area contributed by atoms with Crippen LogP contribution in [0.1, 0.15) is 55.5 Å². The van der Waals surface area contributed by atoms with E-state index in [0.29, 0.717) is 22.8 Å². The number of benzene rings is 2. The van der Waals surface area contributed by atoms with Crippen molar-refractivity contribution in [2.75, 3.05) is 7.05 Å². The van der Waals surface area contributed by atoms with Gasteiger partial charge < -0.3 is 4.57 Å². The van der Waals surface area contributed by atoms with Crippen LogP contribution in [0, 0.1) is 0 Å². The Hall–Kier alpha value is -2.29. The molecule has 1 saturated carbocycles. The molecule has 1 fully saturated rings. The van der Waals surface area contributed by atoms with Gasteiger partial charge >= 0.3 is 0 Å². The molecule has 0 atom stereocenters. The molecule has 2 aromatic carbocycles. The Labute approximate surface area is 186 Å². The third-order valence-electron chi connectivity index (χ3n) is 5.73. The number of carbonyl (C=O) groups excluding carboxylic acids is 1. The van der Waals surface area contributed by atoms with Gasteiger partial charge in [-0.15, -0.1) is 0 Å². The molecule has 1 aliphatic rings. The molecule has 1 aliphatic carbocycles. The summed E-state index contributed by atoms with van der Waals surface area (Å²) in [6.45, 7) is 7.05. The van der Waals surface area contributed by atoms with Gasteiger partial charge in [0, 0.05) is 25.2 Å². The first-order chi connectivity index (χ1) is 14.7. The van der Waals surface area contributed by atoms with E-state index in [4.69, 9.17) is 0 Å². The molecule has 31 heavy (non-hydrogen) atoms. The summed E-state index contributed by atoms with van der Waals surface area (Å²) in [6.07, 6.45) is 1.80. The SMILES string of the molecule is CCn1c(=NC(=O)c2ccc(S(=O)(=O)N(C)C3CC3)cc2)sc2cc(C(C)C)ccc21. The van der Waals surface area contributed by atoms with Crippen molar-refractivity contribution in [1.29, 1.82) is 0 Å². The number of hydrogen-bond acceptors (Lipinski definition) is 4. The number of nitrogens with zero attached hydrogens (tertiary/aromatic N) is 3. The first kappa shape index (κ1) is 21.9. The second-order valence-electron chi connectivity index (χ2n) is 8.20. The zero-order valence-electron chi connectivity index (χ0n) is 18.2. The molecule has 0 unspecified atom stereocenters. The number of hydrogen-bond donors (Lipinski definition) is 0. The van der Waals surface area contributed by atoms with E-state index in [1.807, 2.05) is 11.5 Å². The van der Waals surface area contributed by atoms with E-state index in [1.54, 1.807) is 19.2 Å². The van der Waals surface area contributed by atoms with Crippen molar-refractivity contribution in [3.63, 3.8) is 0 Å². The van der Waals surface area contributed by atoms with Crippen molar-refractivity contribution in [1.82, 2.24) is 8.87 Å². The third kappa shape index (κ3) is 4.24. The van der Waals surface area contributed by atoms with Crippen LogP contribution in [0.3, 0.4) is 0 Å². The number of sulfonamides is 1. The highest BCUT2D eigenvalue weighted by Gasteiger charge is 2.35. The summed E-state index contributed by atoms with van der Waals surface area (Å²) in [6, 6.07) is 12.5. The Morgan fingerprint density at radius 1 is 1.19 bits per heavy atom. The Morgan fingerprint density at radius 3 is 2.45 bits per heavy atom. The van der Waals surface area contributed by atoms with Crippen LogP contribution < -0.4 is 4.80 Å². The molecule has 1 amide bonds. The molecular weight excluding hydrogens is 430 g/mol. The maximum absolute atomic E-state index is 12.8. The molecule has 4 rings (SSSR count). The number of fused-ring (bicyclic) bond motifs is 1. The van der Waals surface area contributed by atoms with Gasteiger partial charge in [0.15, 0.2) is 4.80 Å². The van der Waals surface area contributed by atoms with Crippen LogP contribution >= 0.6 is 11.3 Å². The van der Waals surface area contributed by atoms with Crippen LogP contribution in [-0.2, 0) is 16.6 Å². The zero-order chi connectivity index (χ0) is 22.3. The first-order valence-corrected chi connectivity index (χ1v) is 12.8. The lowest BCUT2D eigenvalue weighted by Crippen LogP contribution is -2.28. The van der Waals surface area contributed by atoms with Crippen LogP contribution in [0.2, 0.25) is 0 Å². The highest BCUT2D eigenvalue weighted by Crippen LogP contribution is 2.30. The fraction of sp³-hybridized carbons (Fsp3) is 0.391. The molecule has 0 aliphatic heterocycles. The maximum atomic E-state index is 12.8. The highest BCUT2D eigenvalue weighted by atomic mass is 32.2. The van der Waals surface area contributed by atoms with E-state index in [0.717, 1.165) is 23.1 Å². The molecule has 0 N–H and O–H groups in total. The Bertz CT molecular complexity index is 1300. The minimum Gasteiger partial charge on any atom is -0.317 e. The van der Waals surface area contributed by atoms with Crippen molar-refractivity contribution >= 4 is 37.5 Å². The molecule has 1 aromatic heterocycles. The maximum Gasteiger partial charge on any atom is 0.279 e. The molecule has 1 heterocycles. The van der Waals surface area contributed by atoms with Gasteiger partial charge in [-0.1, -0.05) is 31.3 Å². The fourth-order valence-corrected chi connectivity index (χ4v) is 6.12. The van der Waals surface area contributed by atoms with Crippen molar-refractivity contribution in [2.24, 2.45) is 4.99 Å². The number of thiazole rings is 1. The first-order valence-electron chi connectivity index (χ1n) is 10.5. The summed E-state index contributed by atoms with van der Waals surface area (Å²) in [7, 11) is -1.92. The quantitative estimate of drug-likeness (QED) is 0.552. The second-order valence-corrected chi connectivity index (χ2v) is 11.2. The van der Waals surface area contributed by atoms with Crippen LogP contribution in [0.25, 0.3) is 10.2 Å². The van der Waals surface area contributed by atoms with E-state index < -0.39 is 10.0 Å². The van der Waals surface area contributed by atoms with Gasteiger partial charge in [0.2, 0.25) is 10.0 Å². The van der Waals surface area contributed by atoms with E-state index in [2.05, 4.69) is 37.0 Å². The average molecular weight is 458 g/mol. The van der Waals surface area contributed by atoms with Crippen molar-refractivity contribution in [3.05, 3.63) is 58.4 Å². The zero-order valence-corrected chi connectivity index (χ0v) is 19.8. The smallest absolute Gasteiger partial charge is 0.279 e.